The van der Waals surface area contributed by atoms with Gasteiger partial charge in [0.2, 0.25) is 10.7 Å². The van der Waals surface area contributed by atoms with Crippen LogP contribution in [0.3, 0.4) is 0 Å². The molecule has 0 saturated carbocycles. The second-order valence-electron chi connectivity index (χ2n) is 2.55. The number of rotatable bonds is 2. The largest absolute Gasteiger partial charge is 0.318 e. The summed E-state index contributed by atoms with van der Waals surface area (Å²) >= 11 is 0.954. The number of H-pyrrole nitrogens is 1. The maximum Gasteiger partial charge on any atom is 0.274 e. The van der Waals surface area contributed by atoms with E-state index in [0.29, 0.717) is 0 Å². The summed E-state index contributed by atoms with van der Waals surface area (Å²) in [6.45, 7) is 0. The third kappa shape index (κ3) is 2.23. The molecule has 1 amide bonds. The van der Waals surface area contributed by atoms with Gasteiger partial charge >= 0.3 is 0 Å². The number of nitrogens with one attached hydrogen (secondary N) is 2. The summed E-state index contributed by atoms with van der Waals surface area (Å²) in [5.74, 6) is -0.453. The molecule has 0 bridgehead atoms. The molecule has 0 saturated heterocycles. The highest BCUT2D eigenvalue weighted by atomic mass is 32.1. The van der Waals surface area contributed by atoms with Gasteiger partial charge in [0.1, 0.15) is 5.69 Å². The van der Waals surface area contributed by atoms with Crippen LogP contribution in [0.1, 0.15) is 10.5 Å². The molecule has 76 valence electrons. The first kappa shape index (κ1) is 9.46. The van der Waals surface area contributed by atoms with Gasteiger partial charge in [-0.15, -0.1) is 0 Å². The molecule has 15 heavy (non-hydrogen) atoms. The van der Waals surface area contributed by atoms with E-state index in [0.717, 1.165) is 11.5 Å². The van der Waals surface area contributed by atoms with Crippen LogP contribution in [0.4, 0.5) is 5.13 Å². The lowest BCUT2D eigenvalue weighted by atomic mass is 10.3. The maximum atomic E-state index is 11.5. The Balaban J connectivity index is 2.18. The minimum atomic E-state index is -0.453. The zero-order valence-corrected chi connectivity index (χ0v) is 8.11. The van der Waals surface area contributed by atoms with Crippen molar-refractivity contribution in [3.63, 3.8) is 0 Å². The summed E-state index contributed by atoms with van der Waals surface area (Å²) in [6.07, 6.45) is 0. The predicted octanol–water partition coefficient (Wildman–Crippen LogP) is -0.126. The molecule has 0 radical (unpaired) electrons. The van der Waals surface area contributed by atoms with Crippen LogP contribution in [0.5, 0.6) is 0 Å². The number of amides is 1. The van der Waals surface area contributed by atoms with Crippen molar-refractivity contribution in [2.45, 2.75) is 0 Å². The molecule has 0 aliphatic heterocycles. The van der Waals surface area contributed by atoms with E-state index in [9.17, 15) is 9.59 Å². The Morgan fingerprint density at radius 1 is 1.47 bits per heavy atom. The molecule has 0 spiro atoms. The van der Waals surface area contributed by atoms with Gasteiger partial charge in [0.25, 0.3) is 5.91 Å². The molecule has 2 aromatic heterocycles. The van der Waals surface area contributed by atoms with Crippen molar-refractivity contribution in [2.75, 3.05) is 5.32 Å². The van der Waals surface area contributed by atoms with Crippen LogP contribution in [0.25, 0.3) is 0 Å². The second kappa shape index (κ2) is 3.96. The van der Waals surface area contributed by atoms with Crippen molar-refractivity contribution < 1.29 is 4.79 Å². The molecule has 2 N–H and O–H groups in total. The number of hydrogen-bond acceptors (Lipinski definition) is 6. The quantitative estimate of drug-likeness (QED) is 0.738. The Morgan fingerprint density at radius 3 is 3.00 bits per heavy atom. The molecule has 0 atom stereocenters. The number of hydrogen-bond donors (Lipinski definition) is 2. The average Bonchev–Trinajstić information content (AvgIpc) is 2.70. The van der Waals surface area contributed by atoms with Crippen LogP contribution >= 0.6 is 11.5 Å². The van der Waals surface area contributed by atoms with E-state index >= 15 is 0 Å². The van der Waals surface area contributed by atoms with E-state index in [1.807, 2.05) is 0 Å². The van der Waals surface area contributed by atoms with Crippen molar-refractivity contribution in [2.24, 2.45) is 0 Å². The van der Waals surface area contributed by atoms with Crippen LogP contribution in [0.15, 0.2) is 23.0 Å². The van der Waals surface area contributed by atoms with Crippen LogP contribution in [-0.2, 0) is 0 Å². The molecule has 8 heteroatoms. The lowest BCUT2D eigenvalue weighted by molar-refractivity contribution is 0.102. The first-order chi connectivity index (χ1) is 7.25. The fraction of sp³-hybridized carbons (Fsp3) is 0. The van der Waals surface area contributed by atoms with Gasteiger partial charge in [-0.1, -0.05) is 15.7 Å². The molecule has 0 aromatic carbocycles. The fourth-order valence-corrected chi connectivity index (χ4v) is 1.29. The monoisotopic (exact) mass is 223 g/mol. The van der Waals surface area contributed by atoms with E-state index in [1.54, 1.807) is 0 Å². The molecular weight excluding hydrogens is 218 g/mol. The van der Waals surface area contributed by atoms with E-state index in [4.69, 9.17) is 0 Å². The molecule has 2 heterocycles. The number of anilines is 1. The highest BCUT2D eigenvalue weighted by molar-refractivity contribution is 7.09. The Bertz CT molecular complexity index is 520. The number of carbonyl (C=O) groups excluding carboxylic acids is 1. The van der Waals surface area contributed by atoms with Gasteiger partial charge in [-0.05, 0) is 11.3 Å². The predicted molar refractivity (Wildman–Crippen MR) is 52.7 cm³/mol. The molecule has 0 unspecified atom stereocenters. The van der Waals surface area contributed by atoms with E-state index < -0.39 is 5.91 Å². The third-order valence-electron chi connectivity index (χ3n) is 1.53. The fourth-order valence-electron chi connectivity index (χ4n) is 0.927. The molecule has 7 nitrogen and oxygen atoms in total. The number of aromatic nitrogens is 4. The van der Waals surface area contributed by atoms with Gasteiger partial charge in [0, 0.05) is 17.6 Å². The van der Waals surface area contributed by atoms with E-state index in [2.05, 4.69) is 25.1 Å². The van der Waals surface area contributed by atoms with Gasteiger partial charge in [-0.2, -0.15) is 0 Å². The first-order valence-electron chi connectivity index (χ1n) is 3.91. The van der Waals surface area contributed by atoms with Crippen molar-refractivity contribution >= 4 is 22.6 Å². The lowest BCUT2D eigenvalue weighted by Gasteiger charge is -1.98. The zero-order chi connectivity index (χ0) is 10.7. The Kier molecular flexibility index (Phi) is 2.50. The number of nitrogens with zero attached hydrogens (tertiary/aromatic N) is 3. The van der Waals surface area contributed by atoms with Crippen LogP contribution in [0, 0.1) is 0 Å². The van der Waals surface area contributed by atoms with Gasteiger partial charge in [-0.3, -0.25) is 14.9 Å². The molecule has 0 fully saturated rings. The maximum absolute atomic E-state index is 11.5. The summed E-state index contributed by atoms with van der Waals surface area (Å²) in [5.41, 5.74) is -0.171. The normalized spacial score (nSPS) is 9.87. The van der Waals surface area contributed by atoms with Gasteiger partial charge in [-0.25, -0.2) is 0 Å². The highest BCUT2D eigenvalue weighted by Gasteiger charge is 2.08. The zero-order valence-electron chi connectivity index (χ0n) is 7.30. The van der Waals surface area contributed by atoms with E-state index in [-0.39, 0.29) is 16.4 Å². The molecule has 2 rings (SSSR count). The van der Waals surface area contributed by atoms with Crippen LogP contribution in [-0.4, -0.2) is 25.7 Å². The van der Waals surface area contributed by atoms with Crippen LogP contribution in [0.2, 0.25) is 0 Å². The topological polar surface area (TPSA) is 101 Å². The molecule has 0 aliphatic carbocycles. The van der Waals surface area contributed by atoms with Crippen molar-refractivity contribution in [1.82, 2.24) is 19.8 Å². The van der Waals surface area contributed by atoms with Gasteiger partial charge in [0.05, 0.1) is 0 Å². The minimum Gasteiger partial charge on any atom is -0.318 e. The summed E-state index contributed by atoms with van der Waals surface area (Å²) in [4.78, 5) is 24.8. The Labute approximate surface area is 87.3 Å². The summed E-state index contributed by atoms with van der Waals surface area (Å²) in [7, 11) is 0. The average molecular weight is 223 g/mol. The van der Waals surface area contributed by atoms with E-state index in [1.165, 1.54) is 18.2 Å². The SMILES string of the molecule is O=C(Nc1nnns1)c1cccc(=O)[nH]1. The van der Waals surface area contributed by atoms with Gasteiger partial charge < -0.3 is 4.98 Å². The molecule has 2 aromatic rings. The second-order valence-corrected chi connectivity index (χ2v) is 3.28. The van der Waals surface area contributed by atoms with Crippen molar-refractivity contribution in [3.05, 3.63) is 34.2 Å². The first-order valence-corrected chi connectivity index (χ1v) is 4.69. The molecule has 0 aliphatic rings. The van der Waals surface area contributed by atoms with Crippen LogP contribution < -0.4 is 10.9 Å². The Morgan fingerprint density at radius 2 is 2.33 bits per heavy atom. The van der Waals surface area contributed by atoms with Gasteiger partial charge in [0.15, 0.2) is 0 Å². The highest BCUT2D eigenvalue weighted by Crippen LogP contribution is 2.05. The third-order valence-corrected chi connectivity index (χ3v) is 2.04. The Hall–Kier alpha value is -2.09. The summed E-state index contributed by atoms with van der Waals surface area (Å²) in [6, 6.07) is 4.31. The molecular formula is C7H5N5O2S. The standard InChI is InChI=1S/C7H5N5O2S/c13-5-3-1-2-4(8-5)6(14)9-7-10-11-12-15-7/h1-3H,(H,8,13)(H,9,10,12,14). The summed E-state index contributed by atoms with van der Waals surface area (Å²) < 4.78 is 3.48. The minimum absolute atomic E-state index is 0.165. The summed E-state index contributed by atoms with van der Waals surface area (Å²) in [5, 5.41) is 9.58. The van der Waals surface area contributed by atoms with Crippen molar-refractivity contribution in [1.29, 1.82) is 0 Å². The van der Waals surface area contributed by atoms with Crippen molar-refractivity contribution in [3.8, 4) is 0 Å². The number of aromatic amines is 1. The smallest absolute Gasteiger partial charge is 0.274 e. The lowest BCUT2D eigenvalue weighted by Crippen LogP contribution is -2.17. The number of carbonyl (C=O) groups is 1. The number of pyridine rings is 1.